The molecule has 1 aliphatic rings. The molecule has 2 aromatic rings. The average Bonchev–Trinajstić information content (AvgIpc) is 2.72. The maximum atomic E-state index is 13.2. The number of carbonyl (C=O) groups excluding carboxylic acids is 1. The highest BCUT2D eigenvalue weighted by Crippen LogP contribution is 2.44. The fourth-order valence-corrected chi connectivity index (χ4v) is 3.84. The van der Waals surface area contributed by atoms with Gasteiger partial charge in [0, 0.05) is 17.3 Å². The molecule has 32 heavy (non-hydrogen) atoms. The van der Waals surface area contributed by atoms with E-state index < -0.39 is 47.0 Å². The Morgan fingerprint density at radius 3 is 2.31 bits per heavy atom. The van der Waals surface area contributed by atoms with Crippen LogP contribution in [0.2, 0.25) is 0 Å². The molecule has 0 spiro atoms. The van der Waals surface area contributed by atoms with Crippen LogP contribution in [0.5, 0.6) is 0 Å². The van der Waals surface area contributed by atoms with Crippen LogP contribution in [0, 0.1) is 17.2 Å². The molecule has 0 saturated heterocycles. The number of hydrogen-bond acceptors (Lipinski definition) is 4. The van der Waals surface area contributed by atoms with Crippen LogP contribution in [-0.4, -0.2) is 28.1 Å². The molecule has 0 bridgehead atoms. The minimum atomic E-state index is -4.73. The molecule has 164 valence electrons. The van der Waals surface area contributed by atoms with Gasteiger partial charge < -0.3 is 10.2 Å². The SMILES string of the molecule is CC1=C(C(=O)O)C(c2ccccc2C#N)C(C(=O)O)C(=O)N1c1cccc(C(F)(F)F)c1. The van der Waals surface area contributed by atoms with E-state index in [-0.39, 0.29) is 22.5 Å². The van der Waals surface area contributed by atoms with Crippen LogP contribution in [0.1, 0.15) is 29.5 Å². The number of allylic oxidation sites excluding steroid dienone is 1. The molecule has 0 aromatic heterocycles. The summed E-state index contributed by atoms with van der Waals surface area (Å²) in [5.41, 5.74) is -2.14. The molecule has 0 aliphatic carbocycles. The molecule has 1 heterocycles. The van der Waals surface area contributed by atoms with Gasteiger partial charge in [0.05, 0.1) is 22.8 Å². The lowest BCUT2D eigenvalue weighted by Gasteiger charge is -2.38. The monoisotopic (exact) mass is 444 g/mol. The summed E-state index contributed by atoms with van der Waals surface area (Å²) in [6.45, 7) is 1.21. The number of nitriles is 1. The number of halogens is 3. The second-order valence-corrected chi connectivity index (χ2v) is 7.02. The Balaban J connectivity index is 2.32. The molecule has 2 atom stereocenters. The van der Waals surface area contributed by atoms with Crippen LogP contribution < -0.4 is 4.90 Å². The van der Waals surface area contributed by atoms with Crippen molar-refractivity contribution in [2.75, 3.05) is 4.90 Å². The van der Waals surface area contributed by atoms with Gasteiger partial charge in [-0.05, 0) is 36.8 Å². The van der Waals surface area contributed by atoms with E-state index in [9.17, 15) is 43.0 Å². The maximum Gasteiger partial charge on any atom is 0.416 e. The maximum absolute atomic E-state index is 13.2. The van der Waals surface area contributed by atoms with E-state index in [1.807, 2.05) is 6.07 Å². The molecule has 10 heteroatoms. The number of nitrogens with zero attached hydrogens (tertiary/aromatic N) is 2. The van der Waals surface area contributed by atoms with Crippen molar-refractivity contribution in [1.29, 1.82) is 5.26 Å². The summed E-state index contributed by atoms with van der Waals surface area (Å²) in [4.78, 5) is 38.2. The number of benzene rings is 2. The van der Waals surface area contributed by atoms with Crippen LogP contribution in [0.3, 0.4) is 0 Å². The van der Waals surface area contributed by atoms with E-state index in [0.29, 0.717) is 11.0 Å². The summed E-state index contributed by atoms with van der Waals surface area (Å²) in [7, 11) is 0. The predicted octanol–water partition coefficient (Wildman–Crippen LogP) is 3.77. The van der Waals surface area contributed by atoms with Crippen molar-refractivity contribution in [3.05, 3.63) is 76.5 Å². The fraction of sp³-hybridized carbons (Fsp3) is 0.182. The van der Waals surface area contributed by atoms with E-state index in [1.165, 1.54) is 31.2 Å². The summed E-state index contributed by atoms with van der Waals surface area (Å²) in [6, 6.07) is 11.1. The highest BCUT2D eigenvalue weighted by molar-refractivity contribution is 6.13. The Kier molecular flexibility index (Phi) is 5.77. The molecule has 0 radical (unpaired) electrons. The number of carboxylic acids is 2. The first-order chi connectivity index (χ1) is 15.0. The van der Waals surface area contributed by atoms with Gasteiger partial charge in [-0.15, -0.1) is 0 Å². The zero-order chi connectivity index (χ0) is 23.8. The van der Waals surface area contributed by atoms with Crippen LogP contribution >= 0.6 is 0 Å². The first kappa shape index (κ1) is 22.6. The third-order valence-corrected chi connectivity index (χ3v) is 5.20. The number of alkyl halides is 3. The predicted molar refractivity (Wildman–Crippen MR) is 104 cm³/mol. The zero-order valence-electron chi connectivity index (χ0n) is 16.4. The molecule has 0 fully saturated rings. The summed E-state index contributed by atoms with van der Waals surface area (Å²) >= 11 is 0. The van der Waals surface area contributed by atoms with Crippen LogP contribution in [0.25, 0.3) is 0 Å². The van der Waals surface area contributed by atoms with Crippen molar-refractivity contribution in [3.63, 3.8) is 0 Å². The van der Waals surface area contributed by atoms with E-state index in [2.05, 4.69) is 0 Å². The number of anilines is 1. The number of amides is 1. The van der Waals surface area contributed by atoms with Gasteiger partial charge in [-0.1, -0.05) is 24.3 Å². The molecule has 2 N–H and O–H groups in total. The Hall–Kier alpha value is -4.13. The van der Waals surface area contributed by atoms with Crippen molar-refractivity contribution in [3.8, 4) is 6.07 Å². The van der Waals surface area contributed by atoms with E-state index in [4.69, 9.17) is 0 Å². The third kappa shape index (κ3) is 3.80. The normalized spacial score (nSPS) is 19.0. The van der Waals surface area contributed by atoms with Gasteiger partial charge in [0.1, 0.15) is 5.92 Å². The minimum Gasteiger partial charge on any atom is -0.481 e. The van der Waals surface area contributed by atoms with Crippen LogP contribution in [0.4, 0.5) is 18.9 Å². The molecule has 1 amide bonds. The summed E-state index contributed by atoms with van der Waals surface area (Å²) in [6.07, 6.45) is -4.73. The second-order valence-electron chi connectivity index (χ2n) is 7.02. The second kappa shape index (κ2) is 8.19. The minimum absolute atomic E-state index is 0.0179. The highest BCUT2D eigenvalue weighted by Gasteiger charge is 2.49. The van der Waals surface area contributed by atoms with Gasteiger partial charge in [-0.2, -0.15) is 18.4 Å². The Morgan fingerprint density at radius 1 is 1.09 bits per heavy atom. The number of aliphatic carboxylic acids is 2. The van der Waals surface area contributed by atoms with Crippen molar-refractivity contribution in [1.82, 2.24) is 0 Å². The first-order valence-corrected chi connectivity index (χ1v) is 9.16. The molecular weight excluding hydrogens is 429 g/mol. The van der Waals surface area contributed by atoms with E-state index >= 15 is 0 Å². The number of rotatable bonds is 4. The van der Waals surface area contributed by atoms with Gasteiger partial charge in [0.25, 0.3) is 0 Å². The van der Waals surface area contributed by atoms with Crippen molar-refractivity contribution >= 4 is 23.5 Å². The molecule has 1 aliphatic heterocycles. The van der Waals surface area contributed by atoms with E-state index in [1.54, 1.807) is 0 Å². The standard InChI is InChI=1S/C22H15F3N2O5/c1-11-16(20(29)30)17(15-8-3-2-5-12(15)10-26)18(21(31)32)19(28)27(11)14-7-4-6-13(9-14)22(23,24)25/h2-9,17-18H,1H3,(H,29,30)(H,31,32). The summed E-state index contributed by atoms with van der Waals surface area (Å²) in [5.74, 6) is -7.84. The average molecular weight is 444 g/mol. The zero-order valence-corrected chi connectivity index (χ0v) is 16.4. The van der Waals surface area contributed by atoms with Crippen LogP contribution in [-0.2, 0) is 20.6 Å². The Labute approximate surface area is 179 Å². The Bertz CT molecular complexity index is 1200. The molecule has 7 nitrogen and oxygen atoms in total. The van der Waals surface area contributed by atoms with Gasteiger partial charge in [0.2, 0.25) is 5.91 Å². The number of carbonyl (C=O) groups is 3. The quantitative estimate of drug-likeness (QED) is 0.693. The molecule has 2 aromatic carbocycles. The topological polar surface area (TPSA) is 119 Å². The molecule has 0 saturated carbocycles. The Morgan fingerprint density at radius 2 is 1.75 bits per heavy atom. The van der Waals surface area contributed by atoms with Gasteiger partial charge in [0.15, 0.2) is 0 Å². The highest BCUT2D eigenvalue weighted by atomic mass is 19.4. The first-order valence-electron chi connectivity index (χ1n) is 9.16. The van der Waals surface area contributed by atoms with Crippen molar-refractivity contribution < 1.29 is 37.8 Å². The van der Waals surface area contributed by atoms with Crippen molar-refractivity contribution in [2.24, 2.45) is 5.92 Å². The van der Waals surface area contributed by atoms with Gasteiger partial charge in [-0.3, -0.25) is 14.5 Å². The lowest BCUT2D eigenvalue weighted by Crippen LogP contribution is -2.48. The smallest absolute Gasteiger partial charge is 0.416 e. The van der Waals surface area contributed by atoms with Crippen molar-refractivity contribution in [2.45, 2.75) is 19.0 Å². The number of carboxylic acid groups (broad SMARTS) is 2. The molecule has 2 unspecified atom stereocenters. The molecule has 3 rings (SSSR count). The lowest BCUT2D eigenvalue weighted by atomic mass is 9.74. The van der Waals surface area contributed by atoms with Crippen LogP contribution in [0.15, 0.2) is 59.8 Å². The van der Waals surface area contributed by atoms with E-state index in [0.717, 1.165) is 18.2 Å². The number of hydrogen-bond donors (Lipinski definition) is 2. The van der Waals surface area contributed by atoms with Gasteiger partial charge in [-0.25, -0.2) is 4.79 Å². The summed E-state index contributed by atoms with van der Waals surface area (Å²) in [5, 5.41) is 29.1. The summed E-state index contributed by atoms with van der Waals surface area (Å²) < 4.78 is 39.5. The van der Waals surface area contributed by atoms with Gasteiger partial charge >= 0.3 is 18.1 Å². The molecular formula is C22H15F3N2O5. The largest absolute Gasteiger partial charge is 0.481 e. The third-order valence-electron chi connectivity index (χ3n) is 5.20. The fourth-order valence-electron chi connectivity index (χ4n) is 3.84. The lowest BCUT2D eigenvalue weighted by molar-refractivity contribution is -0.147.